The molecule has 0 fully saturated rings. The highest BCUT2D eigenvalue weighted by atomic mass is 35.5. The molecule has 3 aromatic rings. The second kappa shape index (κ2) is 9.55. The van der Waals surface area contributed by atoms with Gasteiger partial charge in [-0.15, -0.1) is 10.2 Å². The maximum atomic E-state index is 12.6. The van der Waals surface area contributed by atoms with Crippen molar-refractivity contribution in [3.63, 3.8) is 0 Å². The van der Waals surface area contributed by atoms with Crippen LogP contribution in [0.5, 0.6) is 0 Å². The number of rotatable bonds is 6. The van der Waals surface area contributed by atoms with Gasteiger partial charge in [0.15, 0.2) is 10.9 Å². The van der Waals surface area contributed by atoms with Crippen molar-refractivity contribution in [3.05, 3.63) is 63.9 Å². The van der Waals surface area contributed by atoms with E-state index in [4.69, 9.17) is 11.6 Å². The summed E-state index contributed by atoms with van der Waals surface area (Å²) in [6.07, 6.45) is 0. The number of carbonyl (C=O) groups excluding carboxylic acids is 2. The van der Waals surface area contributed by atoms with Crippen molar-refractivity contribution in [1.29, 1.82) is 0 Å². The summed E-state index contributed by atoms with van der Waals surface area (Å²) in [6.45, 7) is 3.07. The van der Waals surface area contributed by atoms with Gasteiger partial charge in [-0.3, -0.25) is 19.4 Å². The zero-order valence-corrected chi connectivity index (χ0v) is 17.7. The maximum Gasteiger partial charge on any atom is 0.278 e. The molecule has 1 heterocycles. The van der Waals surface area contributed by atoms with Gasteiger partial charge in [0.1, 0.15) is 0 Å². The number of amides is 2. The summed E-state index contributed by atoms with van der Waals surface area (Å²) in [5.41, 5.74) is 1.12. The molecule has 0 aliphatic carbocycles. The molecule has 3 N–H and O–H groups in total. The van der Waals surface area contributed by atoms with Gasteiger partial charge < -0.3 is 10.6 Å². The van der Waals surface area contributed by atoms with Crippen LogP contribution in [0.4, 0.5) is 11.4 Å². The summed E-state index contributed by atoms with van der Waals surface area (Å²) in [6, 6.07) is 13.5. The van der Waals surface area contributed by atoms with Crippen molar-refractivity contribution in [3.8, 4) is 11.3 Å². The number of thioether (sulfide) groups is 1. The Labute approximate surface area is 181 Å². The third-order valence-electron chi connectivity index (χ3n) is 3.94. The minimum Gasteiger partial charge on any atom is -0.326 e. The molecule has 0 unspecified atom stereocenters. The molecular weight excluding hydrogens is 426 g/mol. The predicted octanol–water partition coefficient (Wildman–Crippen LogP) is 3.56. The maximum absolute atomic E-state index is 12.6. The van der Waals surface area contributed by atoms with Crippen LogP contribution in [0.1, 0.15) is 13.8 Å². The highest BCUT2D eigenvalue weighted by molar-refractivity contribution is 8.00. The molecule has 30 heavy (non-hydrogen) atoms. The Kier molecular flexibility index (Phi) is 6.86. The van der Waals surface area contributed by atoms with E-state index in [1.807, 2.05) is 0 Å². The first-order chi connectivity index (χ1) is 14.3. The van der Waals surface area contributed by atoms with E-state index < -0.39 is 10.8 Å². The summed E-state index contributed by atoms with van der Waals surface area (Å²) in [5, 5.41) is 13.7. The van der Waals surface area contributed by atoms with Crippen molar-refractivity contribution < 1.29 is 9.59 Å². The third-order valence-corrected chi connectivity index (χ3v) is 5.17. The number of para-hydroxylation sites is 1. The van der Waals surface area contributed by atoms with Crippen LogP contribution in [-0.4, -0.2) is 32.2 Å². The lowest BCUT2D eigenvalue weighted by Crippen LogP contribution is -2.23. The Balaban J connectivity index is 1.74. The topological polar surface area (TPSA) is 117 Å². The second-order valence-electron chi connectivity index (χ2n) is 6.29. The van der Waals surface area contributed by atoms with Gasteiger partial charge in [-0.25, -0.2) is 0 Å². The Morgan fingerprint density at radius 3 is 2.43 bits per heavy atom. The van der Waals surface area contributed by atoms with Gasteiger partial charge in [-0.2, -0.15) is 0 Å². The molecule has 0 bridgehead atoms. The van der Waals surface area contributed by atoms with Crippen LogP contribution < -0.4 is 16.2 Å². The van der Waals surface area contributed by atoms with Crippen LogP contribution in [0.2, 0.25) is 5.02 Å². The van der Waals surface area contributed by atoms with E-state index in [9.17, 15) is 14.4 Å². The Hall–Kier alpha value is -3.17. The molecule has 0 saturated heterocycles. The molecule has 0 radical (unpaired) electrons. The Morgan fingerprint density at radius 1 is 1.07 bits per heavy atom. The zero-order valence-electron chi connectivity index (χ0n) is 16.1. The molecular formula is C20H18ClN5O3S. The van der Waals surface area contributed by atoms with Gasteiger partial charge in [0.05, 0.1) is 10.9 Å². The molecule has 1 aromatic heterocycles. The monoisotopic (exact) mass is 443 g/mol. The van der Waals surface area contributed by atoms with Crippen molar-refractivity contribution in [2.45, 2.75) is 24.3 Å². The van der Waals surface area contributed by atoms with E-state index in [0.717, 1.165) is 11.8 Å². The Morgan fingerprint density at radius 2 is 1.77 bits per heavy atom. The second-order valence-corrected chi connectivity index (χ2v) is 8.06. The van der Waals surface area contributed by atoms with Gasteiger partial charge in [-0.1, -0.05) is 41.6 Å². The van der Waals surface area contributed by atoms with Crippen LogP contribution in [0.3, 0.4) is 0 Å². The average molecular weight is 444 g/mol. The first-order valence-corrected chi connectivity index (χ1v) is 10.2. The molecule has 0 spiro atoms. The van der Waals surface area contributed by atoms with Gasteiger partial charge in [-0.05, 0) is 37.3 Å². The molecule has 1 atom stereocenters. The van der Waals surface area contributed by atoms with E-state index in [0.29, 0.717) is 22.0 Å². The largest absolute Gasteiger partial charge is 0.326 e. The van der Waals surface area contributed by atoms with Crippen molar-refractivity contribution in [1.82, 2.24) is 15.2 Å². The lowest BCUT2D eigenvalue weighted by atomic mass is 10.1. The number of anilines is 2. The van der Waals surface area contributed by atoms with Crippen molar-refractivity contribution in [2.24, 2.45) is 0 Å². The standard InChI is InChI=1S/C20H18ClN5O3S/c1-11(18(28)23-14-9-7-13(21)8-10-14)30-20-24-19(29)17(25-26-20)15-5-3-4-6-16(15)22-12(2)27/h3-11H,1-2H3,(H,22,27)(H,23,28)(H,24,26,29)/t11-/m1/s1. The number of carbonyl (C=O) groups is 2. The van der Waals surface area contributed by atoms with Crippen molar-refractivity contribution in [2.75, 3.05) is 10.6 Å². The molecule has 0 aliphatic rings. The van der Waals surface area contributed by atoms with Crippen LogP contribution in [-0.2, 0) is 9.59 Å². The first-order valence-electron chi connectivity index (χ1n) is 8.90. The number of hydrogen-bond donors (Lipinski definition) is 3. The molecule has 0 saturated carbocycles. The number of hydrogen-bond acceptors (Lipinski definition) is 6. The van der Waals surface area contributed by atoms with E-state index in [1.54, 1.807) is 55.5 Å². The van der Waals surface area contributed by atoms with E-state index >= 15 is 0 Å². The van der Waals surface area contributed by atoms with Crippen molar-refractivity contribution >= 4 is 46.6 Å². The van der Waals surface area contributed by atoms with Gasteiger partial charge in [0, 0.05) is 23.2 Å². The number of nitrogens with one attached hydrogen (secondary N) is 3. The summed E-state index contributed by atoms with van der Waals surface area (Å²) >= 11 is 6.91. The first kappa shape index (κ1) is 21.5. The number of aromatic nitrogens is 3. The van der Waals surface area contributed by atoms with Crippen LogP contribution in [0, 0.1) is 0 Å². The van der Waals surface area contributed by atoms with Crippen LogP contribution in [0.15, 0.2) is 58.5 Å². The average Bonchev–Trinajstić information content (AvgIpc) is 2.70. The van der Waals surface area contributed by atoms with Gasteiger partial charge in [0.2, 0.25) is 11.8 Å². The molecule has 0 aliphatic heterocycles. The zero-order chi connectivity index (χ0) is 21.7. The van der Waals surface area contributed by atoms with Crippen LogP contribution >= 0.6 is 23.4 Å². The summed E-state index contributed by atoms with van der Waals surface area (Å²) in [4.78, 5) is 39.0. The van der Waals surface area contributed by atoms with Gasteiger partial charge in [0.25, 0.3) is 5.56 Å². The van der Waals surface area contributed by atoms with Crippen LogP contribution in [0.25, 0.3) is 11.3 Å². The van der Waals surface area contributed by atoms with E-state index in [-0.39, 0.29) is 22.7 Å². The molecule has 3 rings (SSSR count). The number of aromatic amines is 1. The normalized spacial score (nSPS) is 11.6. The minimum atomic E-state index is -0.539. The molecule has 10 heteroatoms. The summed E-state index contributed by atoms with van der Waals surface area (Å²) < 4.78 is 0. The quantitative estimate of drug-likeness (QED) is 0.501. The summed E-state index contributed by atoms with van der Waals surface area (Å²) in [7, 11) is 0. The van der Waals surface area contributed by atoms with E-state index in [1.165, 1.54) is 6.92 Å². The lowest BCUT2D eigenvalue weighted by Gasteiger charge is -2.12. The highest BCUT2D eigenvalue weighted by Crippen LogP contribution is 2.25. The number of halogens is 1. The SMILES string of the molecule is CC(=O)Nc1ccccc1-c1nnc(S[C@H](C)C(=O)Nc2ccc(Cl)cc2)[nH]c1=O. The smallest absolute Gasteiger partial charge is 0.278 e. The van der Waals surface area contributed by atoms with Gasteiger partial charge >= 0.3 is 0 Å². The number of H-pyrrole nitrogens is 1. The predicted molar refractivity (Wildman–Crippen MR) is 118 cm³/mol. The number of nitrogens with zero attached hydrogens (tertiary/aromatic N) is 2. The Bertz CT molecular complexity index is 1130. The number of benzene rings is 2. The molecule has 154 valence electrons. The highest BCUT2D eigenvalue weighted by Gasteiger charge is 2.18. The summed E-state index contributed by atoms with van der Waals surface area (Å²) in [5.74, 6) is -0.524. The molecule has 2 aromatic carbocycles. The fraction of sp³-hybridized carbons (Fsp3) is 0.150. The van der Waals surface area contributed by atoms with E-state index in [2.05, 4.69) is 25.8 Å². The lowest BCUT2D eigenvalue weighted by molar-refractivity contribution is -0.115. The molecule has 2 amide bonds. The fourth-order valence-electron chi connectivity index (χ4n) is 2.54. The fourth-order valence-corrected chi connectivity index (χ4v) is 3.40. The minimum absolute atomic E-state index is 0.0713. The third kappa shape index (κ3) is 5.46. The molecule has 8 nitrogen and oxygen atoms in total.